The maximum Gasteiger partial charge on any atom is 0.423 e. The maximum absolute atomic E-state index is 13.0. The molecule has 1 heterocycles. The molecule has 1 aromatic heterocycles. The van der Waals surface area contributed by atoms with Crippen LogP contribution in [0.4, 0.5) is 32.0 Å². The first-order valence-electron chi connectivity index (χ1n) is 7.13. The van der Waals surface area contributed by atoms with Crippen LogP contribution in [0.2, 0.25) is 0 Å². The van der Waals surface area contributed by atoms with Crippen molar-refractivity contribution in [2.45, 2.75) is 24.9 Å². The highest BCUT2D eigenvalue weighted by Crippen LogP contribution is 2.39. The van der Waals surface area contributed by atoms with E-state index in [0.717, 1.165) is 13.0 Å². The lowest BCUT2D eigenvalue weighted by molar-refractivity contribution is -0.387. The van der Waals surface area contributed by atoms with Gasteiger partial charge in [-0.05, 0) is 19.1 Å². The largest absolute Gasteiger partial charge is 0.423 e. The van der Waals surface area contributed by atoms with Crippen LogP contribution in [-0.4, -0.2) is 36.9 Å². The molecular weight excluding hydrogens is 406 g/mol. The summed E-state index contributed by atoms with van der Waals surface area (Å²) in [5, 5.41) is 21.1. The van der Waals surface area contributed by atoms with E-state index in [-0.39, 0.29) is 16.6 Å². The average Bonchev–Trinajstić information content (AvgIpc) is 2.85. The van der Waals surface area contributed by atoms with Crippen LogP contribution in [0, 0.1) is 10.1 Å². The highest BCUT2D eigenvalue weighted by Gasteiger charge is 2.39. The topological polar surface area (TPSA) is 96.2 Å². The molecule has 0 radical (unpaired) electrons. The van der Waals surface area contributed by atoms with E-state index in [1.54, 1.807) is 0 Å². The fourth-order valence-electron chi connectivity index (χ4n) is 2.46. The third-order valence-corrected chi connectivity index (χ3v) is 5.12. The first-order valence-corrected chi connectivity index (χ1v) is 8.62. The minimum atomic E-state index is -5.02. The number of benzene rings is 1. The van der Waals surface area contributed by atoms with Crippen LogP contribution >= 0.6 is 0 Å². The lowest BCUT2D eigenvalue weighted by Crippen LogP contribution is -2.32. The third-order valence-electron chi connectivity index (χ3n) is 3.59. The first-order chi connectivity index (χ1) is 12.1. The van der Waals surface area contributed by atoms with Gasteiger partial charge in [-0.3, -0.25) is 14.3 Å². The number of rotatable bonds is 5. The second kappa shape index (κ2) is 6.78. The van der Waals surface area contributed by atoms with Crippen LogP contribution in [0.5, 0.6) is 0 Å². The van der Waals surface area contributed by atoms with Gasteiger partial charge in [-0.25, -0.2) is 0 Å². The van der Waals surface area contributed by atoms with Gasteiger partial charge in [0.15, 0.2) is 0 Å². The number of hydrogen-bond donors (Lipinski definition) is 2. The molecule has 2 aromatic rings. The van der Waals surface area contributed by atoms with Gasteiger partial charge in [0.25, 0.3) is 5.69 Å². The van der Waals surface area contributed by atoms with Crippen molar-refractivity contribution in [3.8, 4) is 0 Å². The number of nitrogens with one attached hydrogen (secondary N) is 1. The summed E-state index contributed by atoms with van der Waals surface area (Å²) in [7, 11) is -2.49. The lowest BCUT2D eigenvalue weighted by atomic mass is 10.1. The Morgan fingerprint density at radius 1 is 1.15 bits per heavy atom. The highest BCUT2D eigenvalue weighted by molar-refractivity contribution is 7.85. The monoisotopic (exact) mass is 418 g/mol. The number of aromatic amines is 1. The molecule has 0 fully saturated rings. The standard InChI is InChI=1S/C14H12F6N2O4S/c1-12(23,5-27(26)6-13(15,16)17)11-3-7-2-10(22(24)25)8(14(18,19)20)4-9(7)21-11/h2-4,21,23H,5-6H2,1H3. The molecule has 0 saturated carbocycles. The number of aromatic nitrogens is 1. The lowest BCUT2D eigenvalue weighted by Gasteiger charge is -2.21. The first kappa shape index (κ1) is 21.2. The van der Waals surface area contributed by atoms with E-state index < -0.39 is 56.4 Å². The highest BCUT2D eigenvalue weighted by atomic mass is 32.2. The summed E-state index contributed by atoms with van der Waals surface area (Å²) >= 11 is 0. The Morgan fingerprint density at radius 2 is 1.74 bits per heavy atom. The number of alkyl halides is 6. The number of nitro benzene ring substituents is 1. The molecule has 0 spiro atoms. The van der Waals surface area contributed by atoms with Crippen molar-refractivity contribution in [1.29, 1.82) is 0 Å². The Labute approximate surface area is 149 Å². The number of nitro groups is 1. The van der Waals surface area contributed by atoms with Crippen molar-refractivity contribution in [3.05, 3.63) is 39.6 Å². The molecule has 2 unspecified atom stereocenters. The molecule has 1 aromatic carbocycles. The number of halogens is 6. The van der Waals surface area contributed by atoms with Crippen molar-refractivity contribution in [1.82, 2.24) is 4.98 Å². The second-order valence-corrected chi connectivity index (χ2v) is 7.47. The summed E-state index contributed by atoms with van der Waals surface area (Å²) in [4.78, 5) is 12.1. The van der Waals surface area contributed by atoms with Gasteiger partial charge in [0.05, 0.1) is 10.7 Å². The molecule has 0 aliphatic rings. The SMILES string of the molecule is CC(O)(CS(=O)CC(F)(F)F)c1cc2cc([N+](=O)[O-])c(C(F)(F)F)cc2[nH]1. The van der Waals surface area contributed by atoms with E-state index in [2.05, 4.69) is 4.98 Å². The predicted octanol–water partition coefficient (Wildman–Crippen LogP) is 3.61. The fourth-order valence-corrected chi connectivity index (χ4v) is 3.71. The van der Waals surface area contributed by atoms with Gasteiger partial charge in [-0.1, -0.05) is 0 Å². The molecule has 2 N–H and O–H groups in total. The number of hydrogen-bond acceptors (Lipinski definition) is 4. The molecule has 0 amide bonds. The Hall–Kier alpha value is -2.15. The number of nitrogens with zero attached hydrogens (tertiary/aromatic N) is 1. The number of fused-ring (bicyclic) bond motifs is 1. The van der Waals surface area contributed by atoms with Gasteiger partial charge in [0, 0.05) is 33.5 Å². The van der Waals surface area contributed by atoms with E-state index in [0.29, 0.717) is 12.1 Å². The fraction of sp³-hybridized carbons (Fsp3) is 0.429. The van der Waals surface area contributed by atoms with Gasteiger partial charge in [-0.15, -0.1) is 0 Å². The molecule has 0 saturated heterocycles. The van der Waals surface area contributed by atoms with E-state index in [9.17, 15) is 45.8 Å². The molecular formula is C14H12F6N2O4S. The van der Waals surface area contributed by atoms with Crippen molar-refractivity contribution in [3.63, 3.8) is 0 Å². The molecule has 0 bridgehead atoms. The van der Waals surface area contributed by atoms with E-state index in [1.807, 2.05) is 0 Å². The van der Waals surface area contributed by atoms with E-state index >= 15 is 0 Å². The van der Waals surface area contributed by atoms with Gasteiger partial charge >= 0.3 is 12.4 Å². The van der Waals surface area contributed by atoms with Gasteiger partial charge in [-0.2, -0.15) is 26.3 Å². The summed E-state index contributed by atoms with van der Waals surface area (Å²) < 4.78 is 87.4. The average molecular weight is 418 g/mol. The van der Waals surface area contributed by atoms with Crippen molar-refractivity contribution < 1.29 is 40.6 Å². The van der Waals surface area contributed by atoms with Crippen LogP contribution in [0.15, 0.2) is 18.2 Å². The quantitative estimate of drug-likeness (QED) is 0.441. The number of aliphatic hydroxyl groups is 1. The van der Waals surface area contributed by atoms with Crippen LogP contribution in [0.3, 0.4) is 0 Å². The minimum absolute atomic E-state index is 0.0634. The summed E-state index contributed by atoms with van der Waals surface area (Å²) in [6.07, 6.45) is -9.73. The predicted molar refractivity (Wildman–Crippen MR) is 83.5 cm³/mol. The Bertz CT molecular complexity index is 903. The summed E-state index contributed by atoms with van der Waals surface area (Å²) in [6, 6.07) is 2.17. The molecule has 13 heteroatoms. The zero-order chi connectivity index (χ0) is 20.8. The van der Waals surface area contributed by atoms with Crippen LogP contribution in [-0.2, 0) is 22.6 Å². The molecule has 6 nitrogen and oxygen atoms in total. The number of H-pyrrole nitrogens is 1. The van der Waals surface area contributed by atoms with Crippen LogP contribution < -0.4 is 0 Å². The smallest absolute Gasteiger partial charge is 0.383 e. The van der Waals surface area contributed by atoms with Crippen LogP contribution in [0.25, 0.3) is 10.9 Å². The molecule has 150 valence electrons. The maximum atomic E-state index is 13.0. The second-order valence-electron chi connectivity index (χ2n) is 6.01. The summed E-state index contributed by atoms with van der Waals surface area (Å²) in [5.74, 6) is -2.50. The zero-order valence-corrected chi connectivity index (χ0v) is 14.3. The summed E-state index contributed by atoms with van der Waals surface area (Å²) in [5.41, 5.74) is -5.26. The Kier molecular flexibility index (Phi) is 5.31. The minimum Gasteiger partial charge on any atom is -0.383 e. The van der Waals surface area contributed by atoms with Crippen molar-refractivity contribution >= 4 is 27.4 Å². The van der Waals surface area contributed by atoms with Crippen molar-refractivity contribution in [2.75, 3.05) is 11.5 Å². The van der Waals surface area contributed by atoms with Crippen molar-refractivity contribution in [2.24, 2.45) is 0 Å². The normalized spacial score (nSPS) is 16.3. The molecule has 0 aliphatic carbocycles. The van der Waals surface area contributed by atoms with Gasteiger partial charge in [0.2, 0.25) is 0 Å². The van der Waals surface area contributed by atoms with Crippen LogP contribution in [0.1, 0.15) is 18.2 Å². The van der Waals surface area contributed by atoms with E-state index in [4.69, 9.17) is 0 Å². The third kappa shape index (κ3) is 4.97. The molecule has 2 rings (SSSR count). The van der Waals surface area contributed by atoms with Gasteiger partial charge < -0.3 is 10.1 Å². The van der Waals surface area contributed by atoms with Gasteiger partial charge in [0.1, 0.15) is 16.9 Å². The molecule has 27 heavy (non-hydrogen) atoms. The summed E-state index contributed by atoms with van der Waals surface area (Å²) in [6.45, 7) is 1.03. The molecule has 2 atom stereocenters. The Morgan fingerprint density at radius 3 is 2.22 bits per heavy atom. The molecule has 0 aliphatic heterocycles. The Balaban J connectivity index is 2.46. The van der Waals surface area contributed by atoms with E-state index in [1.165, 1.54) is 0 Å². The zero-order valence-electron chi connectivity index (χ0n) is 13.4.